The molecule has 1 aromatic carbocycles. The van der Waals surface area contributed by atoms with Crippen LogP contribution in [-0.4, -0.2) is 41.3 Å². The maximum absolute atomic E-state index is 11.9. The second-order valence-corrected chi connectivity index (χ2v) is 4.93. The summed E-state index contributed by atoms with van der Waals surface area (Å²) in [6, 6.07) is 4.98. The quantitative estimate of drug-likeness (QED) is 0.721. The van der Waals surface area contributed by atoms with Gasteiger partial charge in [-0.3, -0.25) is 9.59 Å². The number of amides is 1. The van der Waals surface area contributed by atoms with E-state index < -0.39 is 23.9 Å². The van der Waals surface area contributed by atoms with Gasteiger partial charge in [0.2, 0.25) is 0 Å². The standard InChI is InChI=1S/C14H19NO5/c1-9-4-5-10(6-11(9)20-3)13(18)15-8-14(2,19)7-12(16)17/h4-6,19H,7-8H2,1-3H3,(H,15,18)(H,16,17). The molecular formula is C14H19NO5. The van der Waals surface area contributed by atoms with Crippen molar-refractivity contribution in [2.24, 2.45) is 0 Å². The lowest BCUT2D eigenvalue weighted by molar-refractivity contribution is -0.141. The number of aryl methyl sites for hydroxylation is 1. The zero-order valence-corrected chi connectivity index (χ0v) is 11.8. The lowest BCUT2D eigenvalue weighted by Gasteiger charge is -2.21. The van der Waals surface area contributed by atoms with Gasteiger partial charge in [-0.15, -0.1) is 0 Å². The summed E-state index contributed by atoms with van der Waals surface area (Å²) < 4.78 is 5.13. The number of carbonyl (C=O) groups excluding carboxylic acids is 1. The molecule has 0 radical (unpaired) electrons. The Morgan fingerprint density at radius 2 is 2.05 bits per heavy atom. The number of benzene rings is 1. The lowest BCUT2D eigenvalue weighted by Crippen LogP contribution is -2.42. The fraction of sp³-hybridized carbons (Fsp3) is 0.429. The van der Waals surface area contributed by atoms with E-state index in [1.165, 1.54) is 14.0 Å². The van der Waals surface area contributed by atoms with E-state index in [4.69, 9.17) is 9.84 Å². The van der Waals surface area contributed by atoms with Gasteiger partial charge in [0.15, 0.2) is 0 Å². The van der Waals surface area contributed by atoms with E-state index in [2.05, 4.69) is 5.32 Å². The highest BCUT2D eigenvalue weighted by Gasteiger charge is 2.25. The Morgan fingerprint density at radius 3 is 2.60 bits per heavy atom. The lowest BCUT2D eigenvalue weighted by atomic mass is 10.0. The van der Waals surface area contributed by atoms with Gasteiger partial charge in [0.05, 0.1) is 19.1 Å². The van der Waals surface area contributed by atoms with E-state index in [-0.39, 0.29) is 6.54 Å². The fourth-order valence-electron chi connectivity index (χ4n) is 1.72. The Labute approximate surface area is 117 Å². The normalized spacial score (nSPS) is 13.4. The molecule has 0 spiro atoms. The molecule has 0 bridgehead atoms. The number of hydrogen-bond donors (Lipinski definition) is 3. The van der Waals surface area contributed by atoms with Crippen molar-refractivity contribution in [1.29, 1.82) is 0 Å². The molecule has 1 aromatic rings. The average Bonchev–Trinajstić information content (AvgIpc) is 2.35. The minimum Gasteiger partial charge on any atom is -0.496 e. The van der Waals surface area contributed by atoms with Crippen LogP contribution >= 0.6 is 0 Å². The predicted octanol–water partition coefficient (Wildman–Crippen LogP) is 0.959. The molecule has 6 heteroatoms. The van der Waals surface area contributed by atoms with Crippen molar-refractivity contribution in [3.05, 3.63) is 29.3 Å². The van der Waals surface area contributed by atoms with Crippen LogP contribution in [0.1, 0.15) is 29.3 Å². The topological polar surface area (TPSA) is 95.9 Å². The molecule has 110 valence electrons. The molecule has 0 fully saturated rings. The summed E-state index contributed by atoms with van der Waals surface area (Å²) in [5, 5.41) is 21.0. The zero-order chi connectivity index (χ0) is 15.3. The summed E-state index contributed by atoms with van der Waals surface area (Å²) in [5.74, 6) is -0.926. The Kier molecular flexibility index (Phi) is 5.10. The number of carboxylic acid groups (broad SMARTS) is 1. The van der Waals surface area contributed by atoms with Gasteiger partial charge in [0.25, 0.3) is 5.91 Å². The van der Waals surface area contributed by atoms with Crippen molar-refractivity contribution in [3.8, 4) is 5.75 Å². The summed E-state index contributed by atoms with van der Waals surface area (Å²) in [7, 11) is 1.52. The molecular weight excluding hydrogens is 262 g/mol. The molecule has 0 aliphatic heterocycles. The van der Waals surface area contributed by atoms with E-state index in [9.17, 15) is 14.7 Å². The summed E-state index contributed by atoms with van der Waals surface area (Å²) >= 11 is 0. The molecule has 0 aliphatic carbocycles. The number of ether oxygens (including phenoxy) is 1. The van der Waals surface area contributed by atoms with Gasteiger partial charge in [0, 0.05) is 12.1 Å². The van der Waals surface area contributed by atoms with Crippen LogP contribution in [0.5, 0.6) is 5.75 Å². The molecule has 1 amide bonds. The smallest absolute Gasteiger partial charge is 0.306 e. The highest BCUT2D eigenvalue weighted by atomic mass is 16.5. The van der Waals surface area contributed by atoms with E-state index >= 15 is 0 Å². The van der Waals surface area contributed by atoms with Crippen LogP contribution in [0.2, 0.25) is 0 Å². The molecule has 0 aliphatic rings. The molecule has 0 saturated heterocycles. The van der Waals surface area contributed by atoms with E-state index in [1.807, 2.05) is 6.92 Å². The third-order valence-corrected chi connectivity index (χ3v) is 2.83. The first-order valence-corrected chi connectivity index (χ1v) is 6.12. The van der Waals surface area contributed by atoms with Gasteiger partial charge in [-0.1, -0.05) is 6.07 Å². The van der Waals surface area contributed by atoms with Crippen molar-refractivity contribution in [1.82, 2.24) is 5.32 Å². The van der Waals surface area contributed by atoms with Gasteiger partial charge in [-0.25, -0.2) is 0 Å². The first kappa shape index (κ1) is 16.0. The zero-order valence-electron chi connectivity index (χ0n) is 11.8. The van der Waals surface area contributed by atoms with Gasteiger partial charge in [-0.2, -0.15) is 0 Å². The third kappa shape index (κ3) is 4.55. The molecule has 0 aromatic heterocycles. The highest BCUT2D eigenvalue weighted by molar-refractivity contribution is 5.94. The number of carboxylic acids is 1. The monoisotopic (exact) mass is 281 g/mol. The summed E-state index contributed by atoms with van der Waals surface area (Å²) in [5.41, 5.74) is -0.198. The summed E-state index contributed by atoms with van der Waals surface area (Å²) in [6.45, 7) is 3.07. The van der Waals surface area contributed by atoms with E-state index in [1.54, 1.807) is 18.2 Å². The maximum atomic E-state index is 11.9. The second kappa shape index (κ2) is 6.38. The Hall–Kier alpha value is -2.08. The molecule has 6 nitrogen and oxygen atoms in total. The van der Waals surface area contributed by atoms with Crippen molar-refractivity contribution in [2.75, 3.05) is 13.7 Å². The average molecular weight is 281 g/mol. The van der Waals surface area contributed by atoms with Crippen molar-refractivity contribution in [3.63, 3.8) is 0 Å². The molecule has 3 N–H and O–H groups in total. The van der Waals surface area contributed by atoms with Crippen LogP contribution < -0.4 is 10.1 Å². The number of aliphatic hydroxyl groups is 1. The molecule has 1 rings (SSSR count). The molecule has 20 heavy (non-hydrogen) atoms. The molecule has 0 saturated carbocycles. The number of nitrogens with one attached hydrogen (secondary N) is 1. The molecule has 1 unspecified atom stereocenters. The van der Waals surface area contributed by atoms with E-state index in [0.717, 1.165) is 5.56 Å². The minimum absolute atomic E-state index is 0.145. The predicted molar refractivity (Wildman–Crippen MR) is 72.9 cm³/mol. The number of hydrogen-bond acceptors (Lipinski definition) is 4. The Balaban J connectivity index is 2.70. The molecule has 1 atom stereocenters. The van der Waals surface area contributed by atoms with Gasteiger partial charge in [0.1, 0.15) is 5.75 Å². The number of methoxy groups -OCH3 is 1. The van der Waals surface area contributed by atoms with Crippen LogP contribution in [0.25, 0.3) is 0 Å². The van der Waals surface area contributed by atoms with Gasteiger partial charge < -0.3 is 20.3 Å². The van der Waals surface area contributed by atoms with E-state index in [0.29, 0.717) is 11.3 Å². The minimum atomic E-state index is -1.49. The summed E-state index contributed by atoms with van der Waals surface area (Å²) in [6.07, 6.45) is -0.440. The maximum Gasteiger partial charge on any atom is 0.306 e. The number of rotatable bonds is 6. The largest absolute Gasteiger partial charge is 0.496 e. The van der Waals surface area contributed by atoms with Crippen LogP contribution in [-0.2, 0) is 4.79 Å². The Bertz CT molecular complexity index is 510. The SMILES string of the molecule is COc1cc(C(=O)NCC(C)(O)CC(=O)O)ccc1C. The Morgan fingerprint density at radius 1 is 1.40 bits per heavy atom. The van der Waals surface area contributed by atoms with Crippen molar-refractivity contribution >= 4 is 11.9 Å². The van der Waals surface area contributed by atoms with Gasteiger partial charge >= 0.3 is 5.97 Å². The summed E-state index contributed by atoms with van der Waals surface area (Å²) in [4.78, 5) is 22.5. The van der Waals surface area contributed by atoms with Crippen LogP contribution in [0.4, 0.5) is 0 Å². The first-order valence-electron chi connectivity index (χ1n) is 6.12. The van der Waals surface area contributed by atoms with Gasteiger partial charge in [-0.05, 0) is 31.5 Å². The van der Waals surface area contributed by atoms with Crippen molar-refractivity contribution in [2.45, 2.75) is 25.9 Å². The highest BCUT2D eigenvalue weighted by Crippen LogP contribution is 2.19. The third-order valence-electron chi connectivity index (χ3n) is 2.83. The van der Waals surface area contributed by atoms with Crippen LogP contribution in [0.15, 0.2) is 18.2 Å². The van der Waals surface area contributed by atoms with Crippen molar-refractivity contribution < 1.29 is 24.5 Å². The number of aliphatic carboxylic acids is 1. The first-order chi connectivity index (χ1) is 9.25. The van der Waals surface area contributed by atoms with Crippen LogP contribution in [0, 0.1) is 6.92 Å². The second-order valence-electron chi connectivity index (χ2n) is 4.93. The number of carbonyl (C=O) groups is 2. The van der Waals surface area contributed by atoms with Crippen LogP contribution in [0.3, 0.4) is 0 Å². The molecule has 0 heterocycles. The fourth-order valence-corrected chi connectivity index (χ4v) is 1.72.